The number of hydrogen-bond donors (Lipinski definition) is 0. The summed E-state index contributed by atoms with van der Waals surface area (Å²) in [6.07, 6.45) is 5.55. The van der Waals surface area contributed by atoms with E-state index in [-0.39, 0.29) is 5.91 Å². The van der Waals surface area contributed by atoms with E-state index in [2.05, 4.69) is 28.0 Å². The molecule has 112 valence electrons. The summed E-state index contributed by atoms with van der Waals surface area (Å²) < 4.78 is 1.82. The second-order valence-corrected chi connectivity index (χ2v) is 6.65. The van der Waals surface area contributed by atoms with E-state index in [0.717, 1.165) is 37.2 Å². The van der Waals surface area contributed by atoms with Gasteiger partial charge >= 0.3 is 0 Å². The van der Waals surface area contributed by atoms with E-state index in [4.69, 9.17) is 0 Å². The number of halogens is 1. The Bertz CT molecular complexity index is 472. The van der Waals surface area contributed by atoms with Crippen LogP contribution < -0.4 is 0 Å². The molecule has 20 heavy (non-hydrogen) atoms. The van der Waals surface area contributed by atoms with Crippen LogP contribution in [-0.2, 0) is 13.0 Å². The molecule has 1 heterocycles. The van der Waals surface area contributed by atoms with Crippen LogP contribution in [0.5, 0.6) is 0 Å². The van der Waals surface area contributed by atoms with Crippen LogP contribution in [0, 0.1) is 0 Å². The van der Waals surface area contributed by atoms with E-state index in [1.807, 2.05) is 29.6 Å². The second-order valence-electron chi connectivity index (χ2n) is 5.47. The highest BCUT2D eigenvalue weighted by Gasteiger charge is 2.30. The van der Waals surface area contributed by atoms with Gasteiger partial charge in [0.1, 0.15) is 5.69 Å². The third-order valence-electron chi connectivity index (χ3n) is 4.18. The molecule has 1 fully saturated rings. The number of nitrogens with zero attached hydrogens (tertiary/aromatic N) is 3. The molecule has 1 aromatic heterocycles. The van der Waals surface area contributed by atoms with Crippen molar-refractivity contribution in [3.05, 3.63) is 17.5 Å². The first-order valence-corrected chi connectivity index (χ1v) is 8.48. The van der Waals surface area contributed by atoms with E-state index in [9.17, 15) is 4.79 Å². The average molecular weight is 342 g/mol. The summed E-state index contributed by atoms with van der Waals surface area (Å²) in [7, 11) is 1.92. The first kappa shape index (κ1) is 15.5. The van der Waals surface area contributed by atoms with Crippen LogP contribution in [0.1, 0.15) is 55.7 Å². The van der Waals surface area contributed by atoms with Gasteiger partial charge in [0.05, 0.1) is 5.69 Å². The van der Waals surface area contributed by atoms with Crippen molar-refractivity contribution in [2.75, 3.05) is 7.05 Å². The molecule has 0 bridgehead atoms. The van der Waals surface area contributed by atoms with Crippen molar-refractivity contribution >= 4 is 21.8 Å². The molecular formula is C15H24BrN3O. The van der Waals surface area contributed by atoms with Crippen LogP contribution in [0.25, 0.3) is 0 Å². The van der Waals surface area contributed by atoms with Gasteiger partial charge in [0, 0.05) is 24.5 Å². The lowest BCUT2D eigenvalue weighted by atomic mass is 9.94. The largest absolute Gasteiger partial charge is 0.336 e. The predicted octanol–water partition coefficient (Wildman–Crippen LogP) is 3.24. The minimum Gasteiger partial charge on any atom is -0.336 e. The molecule has 1 aliphatic carbocycles. The molecule has 4 nitrogen and oxygen atoms in total. The Balaban J connectivity index is 2.19. The third kappa shape index (κ3) is 3.08. The van der Waals surface area contributed by atoms with Crippen LogP contribution >= 0.6 is 15.9 Å². The molecule has 2 unspecified atom stereocenters. The molecule has 1 aliphatic rings. The Hall–Kier alpha value is -0.840. The number of carbonyl (C=O) groups excluding carboxylic acids is 1. The number of aryl methyl sites for hydroxylation is 2. The Morgan fingerprint density at radius 3 is 2.75 bits per heavy atom. The highest BCUT2D eigenvalue weighted by Crippen LogP contribution is 2.28. The van der Waals surface area contributed by atoms with Gasteiger partial charge in [-0.15, -0.1) is 0 Å². The zero-order chi connectivity index (χ0) is 14.7. The third-order valence-corrected chi connectivity index (χ3v) is 5.24. The van der Waals surface area contributed by atoms with Gasteiger partial charge < -0.3 is 4.90 Å². The fourth-order valence-electron chi connectivity index (χ4n) is 2.89. The number of alkyl halides is 1. The molecule has 1 aromatic rings. The van der Waals surface area contributed by atoms with E-state index < -0.39 is 0 Å². The van der Waals surface area contributed by atoms with E-state index >= 15 is 0 Å². The van der Waals surface area contributed by atoms with Crippen molar-refractivity contribution in [2.45, 2.75) is 63.4 Å². The van der Waals surface area contributed by atoms with Crippen molar-refractivity contribution in [1.82, 2.24) is 14.7 Å². The van der Waals surface area contributed by atoms with Gasteiger partial charge in [-0.1, -0.05) is 35.7 Å². The summed E-state index contributed by atoms with van der Waals surface area (Å²) in [4.78, 5) is 15.1. The Kier molecular flexibility index (Phi) is 5.24. The van der Waals surface area contributed by atoms with Gasteiger partial charge in [-0.3, -0.25) is 9.48 Å². The van der Waals surface area contributed by atoms with Crippen molar-refractivity contribution < 1.29 is 4.79 Å². The number of carbonyl (C=O) groups is 1. The molecule has 2 rings (SSSR count). The quantitative estimate of drug-likeness (QED) is 0.788. The highest BCUT2D eigenvalue weighted by molar-refractivity contribution is 9.09. The standard InChI is InChI=1S/C15H24BrN3O/c1-4-11-10-14(19(5-2)17-11)15(20)18(3)13-9-7-6-8-12(13)16/h10,12-13H,4-9H2,1-3H3. The molecule has 0 N–H and O–H groups in total. The first-order chi connectivity index (χ1) is 9.58. The van der Waals surface area contributed by atoms with Gasteiger partial charge in [-0.2, -0.15) is 5.10 Å². The number of amides is 1. The van der Waals surface area contributed by atoms with E-state index in [1.165, 1.54) is 12.8 Å². The number of hydrogen-bond acceptors (Lipinski definition) is 2. The minimum absolute atomic E-state index is 0.0930. The number of aromatic nitrogens is 2. The van der Waals surface area contributed by atoms with Crippen LogP contribution in [0.3, 0.4) is 0 Å². The van der Waals surface area contributed by atoms with Gasteiger partial charge in [-0.05, 0) is 32.3 Å². The van der Waals surface area contributed by atoms with Crippen molar-refractivity contribution in [3.63, 3.8) is 0 Å². The van der Waals surface area contributed by atoms with Gasteiger partial charge in [0.25, 0.3) is 5.91 Å². The molecule has 5 heteroatoms. The first-order valence-electron chi connectivity index (χ1n) is 7.56. The summed E-state index contributed by atoms with van der Waals surface area (Å²) >= 11 is 3.73. The van der Waals surface area contributed by atoms with Crippen LogP contribution in [0.4, 0.5) is 0 Å². The fraction of sp³-hybridized carbons (Fsp3) is 0.733. The summed E-state index contributed by atoms with van der Waals surface area (Å²) in [5.74, 6) is 0.0930. The Labute approximate surface area is 129 Å². The van der Waals surface area contributed by atoms with Crippen LogP contribution in [0.15, 0.2) is 6.07 Å². The maximum atomic E-state index is 12.7. The Morgan fingerprint density at radius 2 is 2.15 bits per heavy atom. The molecule has 1 saturated carbocycles. The highest BCUT2D eigenvalue weighted by atomic mass is 79.9. The van der Waals surface area contributed by atoms with Crippen molar-refractivity contribution in [1.29, 1.82) is 0 Å². The summed E-state index contributed by atoms with van der Waals surface area (Å²) in [5.41, 5.74) is 1.71. The lowest BCUT2D eigenvalue weighted by molar-refractivity contribution is 0.0692. The summed E-state index contributed by atoms with van der Waals surface area (Å²) in [6, 6.07) is 2.23. The topological polar surface area (TPSA) is 38.1 Å². The minimum atomic E-state index is 0.0930. The molecule has 0 aliphatic heterocycles. The zero-order valence-electron chi connectivity index (χ0n) is 12.6. The van der Waals surface area contributed by atoms with Crippen LogP contribution in [-0.4, -0.2) is 38.5 Å². The molecule has 0 spiro atoms. The van der Waals surface area contributed by atoms with Gasteiger partial charge in [0.15, 0.2) is 0 Å². The normalized spacial score (nSPS) is 22.8. The zero-order valence-corrected chi connectivity index (χ0v) is 14.2. The van der Waals surface area contributed by atoms with E-state index in [1.54, 1.807) is 0 Å². The lowest BCUT2D eigenvalue weighted by Gasteiger charge is -2.35. The lowest BCUT2D eigenvalue weighted by Crippen LogP contribution is -2.44. The second kappa shape index (κ2) is 6.74. The number of rotatable bonds is 4. The molecule has 0 aromatic carbocycles. The van der Waals surface area contributed by atoms with Crippen molar-refractivity contribution in [2.24, 2.45) is 0 Å². The summed E-state index contributed by atoms with van der Waals surface area (Å²) in [6.45, 7) is 4.82. The smallest absolute Gasteiger partial charge is 0.272 e. The van der Waals surface area contributed by atoms with Crippen LogP contribution in [0.2, 0.25) is 0 Å². The summed E-state index contributed by atoms with van der Waals surface area (Å²) in [5, 5.41) is 4.47. The van der Waals surface area contributed by atoms with Crippen molar-refractivity contribution in [3.8, 4) is 0 Å². The molecule has 0 saturated heterocycles. The molecule has 0 radical (unpaired) electrons. The molecule has 2 atom stereocenters. The molecular weight excluding hydrogens is 318 g/mol. The monoisotopic (exact) mass is 341 g/mol. The Morgan fingerprint density at radius 1 is 1.45 bits per heavy atom. The maximum absolute atomic E-state index is 12.7. The maximum Gasteiger partial charge on any atom is 0.272 e. The predicted molar refractivity (Wildman–Crippen MR) is 84.3 cm³/mol. The van der Waals surface area contributed by atoms with Gasteiger partial charge in [-0.25, -0.2) is 0 Å². The van der Waals surface area contributed by atoms with Gasteiger partial charge in [0.2, 0.25) is 0 Å². The fourth-order valence-corrected chi connectivity index (χ4v) is 3.83. The molecule has 1 amide bonds. The average Bonchev–Trinajstić information content (AvgIpc) is 2.89. The van der Waals surface area contributed by atoms with E-state index in [0.29, 0.717) is 10.9 Å². The SMILES string of the molecule is CCc1cc(C(=O)N(C)C2CCCCC2Br)n(CC)n1.